The summed E-state index contributed by atoms with van der Waals surface area (Å²) >= 11 is 1.70. The van der Waals surface area contributed by atoms with Gasteiger partial charge in [0.25, 0.3) is 0 Å². The van der Waals surface area contributed by atoms with Gasteiger partial charge in [0, 0.05) is 36.0 Å². The fraction of sp³-hybridized carbons (Fsp3) is 0.714. The lowest BCUT2D eigenvalue weighted by molar-refractivity contribution is 0.00724. The second-order valence-corrected chi connectivity index (χ2v) is 10.0. The van der Waals surface area contributed by atoms with E-state index in [4.69, 9.17) is 9.47 Å². The topological polar surface area (TPSA) is 69.2 Å². The molecule has 4 saturated heterocycles. The van der Waals surface area contributed by atoms with Gasteiger partial charge in [0.05, 0.1) is 44.1 Å². The summed E-state index contributed by atoms with van der Waals surface area (Å²) in [5.41, 5.74) is 3.37. The summed E-state index contributed by atoms with van der Waals surface area (Å²) in [4.78, 5) is 2.06. The Bertz CT molecular complexity index is 788. The Balaban J connectivity index is 1.66. The quantitative estimate of drug-likeness (QED) is 0.632. The van der Waals surface area contributed by atoms with E-state index in [1.807, 2.05) is 13.8 Å². The first-order chi connectivity index (χ1) is 15.0. The third kappa shape index (κ3) is 3.71. The molecule has 6 unspecified atom stereocenters. The zero-order chi connectivity index (χ0) is 21.7. The van der Waals surface area contributed by atoms with E-state index in [1.165, 1.54) is 18.2 Å². The SMILES string of the molecule is C[C@H]1COCC2C(O1)SC1C2C(c2c(F)cccc2F)N(CCO)[C@@H](C)C2NCNN12. The molecule has 1 aromatic rings. The Hall–Kier alpha value is -0.850. The smallest absolute Gasteiger partial charge is 0.130 e. The first-order valence-electron chi connectivity index (χ1n) is 11.0. The summed E-state index contributed by atoms with van der Waals surface area (Å²) < 4.78 is 42.6. The average molecular weight is 457 g/mol. The average Bonchev–Trinajstić information content (AvgIpc) is 3.28. The maximum Gasteiger partial charge on any atom is 0.130 e. The van der Waals surface area contributed by atoms with Crippen LogP contribution in [0.25, 0.3) is 0 Å². The number of halogens is 2. The summed E-state index contributed by atoms with van der Waals surface area (Å²) in [6, 6.07) is 3.38. The predicted octanol–water partition coefficient (Wildman–Crippen LogP) is 1.46. The van der Waals surface area contributed by atoms with Gasteiger partial charge >= 0.3 is 0 Å². The van der Waals surface area contributed by atoms with Gasteiger partial charge < -0.3 is 14.6 Å². The molecule has 0 bridgehead atoms. The Labute approximate surface area is 185 Å². The molecule has 0 amide bonds. The van der Waals surface area contributed by atoms with Crippen LogP contribution in [0.15, 0.2) is 18.2 Å². The van der Waals surface area contributed by atoms with E-state index in [2.05, 4.69) is 20.7 Å². The fourth-order valence-electron chi connectivity index (χ4n) is 5.68. The number of aliphatic hydroxyl groups is 1. The van der Waals surface area contributed by atoms with Crippen LogP contribution in [0.2, 0.25) is 0 Å². The number of ether oxygens (including phenoxy) is 2. The number of benzene rings is 1. The summed E-state index contributed by atoms with van der Waals surface area (Å²) in [5.74, 6) is -1.32. The van der Waals surface area contributed by atoms with E-state index < -0.39 is 17.7 Å². The number of β-amino-alcohol motifs (C(OH)–C–C–N with tert-alkyl or cyclic N) is 1. The van der Waals surface area contributed by atoms with Crippen molar-refractivity contribution in [2.45, 2.75) is 49.0 Å². The Morgan fingerprint density at radius 2 is 2.00 bits per heavy atom. The Kier molecular flexibility index (Phi) is 6.26. The van der Waals surface area contributed by atoms with E-state index >= 15 is 8.78 Å². The van der Waals surface area contributed by atoms with Gasteiger partial charge in [0.1, 0.15) is 17.1 Å². The zero-order valence-corrected chi connectivity index (χ0v) is 18.5. The van der Waals surface area contributed by atoms with E-state index in [1.54, 1.807) is 11.8 Å². The summed E-state index contributed by atoms with van der Waals surface area (Å²) in [5, 5.41) is 15.5. The van der Waals surface area contributed by atoms with Crippen molar-refractivity contribution in [1.82, 2.24) is 20.7 Å². The van der Waals surface area contributed by atoms with E-state index in [9.17, 15) is 5.11 Å². The first kappa shape index (κ1) is 22.0. The highest BCUT2D eigenvalue weighted by atomic mass is 32.2. The lowest BCUT2D eigenvalue weighted by Gasteiger charge is -2.40. The Morgan fingerprint density at radius 3 is 2.74 bits per heavy atom. The van der Waals surface area contributed by atoms with Crippen LogP contribution in [0, 0.1) is 23.5 Å². The van der Waals surface area contributed by atoms with Crippen molar-refractivity contribution < 1.29 is 23.4 Å². The highest BCUT2D eigenvalue weighted by molar-refractivity contribution is 8.00. The molecule has 0 saturated carbocycles. The van der Waals surface area contributed by atoms with Gasteiger partial charge in [-0.25, -0.2) is 19.2 Å². The van der Waals surface area contributed by atoms with E-state index in [0.29, 0.717) is 26.4 Å². The third-order valence-corrected chi connectivity index (χ3v) is 8.53. The largest absolute Gasteiger partial charge is 0.395 e. The van der Waals surface area contributed by atoms with Gasteiger partial charge in [-0.2, -0.15) is 0 Å². The minimum absolute atomic E-state index is 0.0404. The van der Waals surface area contributed by atoms with Crippen molar-refractivity contribution in [3.63, 3.8) is 0 Å². The highest BCUT2D eigenvalue weighted by Gasteiger charge is 2.59. The lowest BCUT2D eigenvalue weighted by Crippen LogP contribution is -2.53. The normalized spacial score (nSPS) is 41.3. The van der Waals surface area contributed by atoms with Crippen LogP contribution in [0.1, 0.15) is 25.5 Å². The van der Waals surface area contributed by atoms with E-state index in [-0.39, 0.29) is 53.1 Å². The van der Waals surface area contributed by atoms with Crippen LogP contribution < -0.4 is 10.7 Å². The minimum atomic E-state index is -0.564. The number of nitrogens with one attached hydrogen (secondary N) is 2. The van der Waals surface area contributed by atoms with Crippen molar-refractivity contribution in [2.75, 3.05) is 33.0 Å². The molecule has 0 spiro atoms. The maximum atomic E-state index is 15.2. The molecule has 31 heavy (non-hydrogen) atoms. The molecule has 7 nitrogen and oxygen atoms in total. The molecule has 4 heterocycles. The number of nitrogens with zero attached hydrogens (tertiary/aromatic N) is 2. The standard InChI is InChI=1S/C21H30F2N4O3S/c1-11-8-29-9-13-16-18(17-14(22)4-3-5-15(17)23)26(6-7-28)12(2)19-24-10-25-27(19)20(16)31-21(13)30-11/h3-5,11-13,16,18-21,24-25,28H,6-10H2,1-2H3/t11-,12-,13?,16?,18?,19?,20?,21?/m0/s1. The predicted molar refractivity (Wildman–Crippen MR) is 113 cm³/mol. The third-order valence-electron chi connectivity index (χ3n) is 6.98. The second-order valence-electron chi connectivity index (χ2n) is 8.79. The van der Waals surface area contributed by atoms with Crippen molar-refractivity contribution >= 4 is 11.8 Å². The van der Waals surface area contributed by atoms with Crippen molar-refractivity contribution in [3.8, 4) is 0 Å². The highest BCUT2D eigenvalue weighted by Crippen LogP contribution is 2.55. The van der Waals surface area contributed by atoms with Gasteiger partial charge in [-0.15, -0.1) is 11.8 Å². The molecule has 5 rings (SSSR count). The van der Waals surface area contributed by atoms with Crippen LogP contribution in [0.5, 0.6) is 0 Å². The number of hydrazine groups is 1. The lowest BCUT2D eigenvalue weighted by atomic mass is 9.81. The molecule has 0 aliphatic carbocycles. The first-order valence-corrected chi connectivity index (χ1v) is 11.9. The number of rotatable bonds is 3. The van der Waals surface area contributed by atoms with Crippen LogP contribution in [-0.2, 0) is 9.47 Å². The molecule has 0 radical (unpaired) electrons. The second kappa shape index (κ2) is 8.83. The van der Waals surface area contributed by atoms with Gasteiger partial charge in [-0.1, -0.05) is 6.07 Å². The monoisotopic (exact) mass is 456 g/mol. The summed E-state index contributed by atoms with van der Waals surface area (Å²) in [7, 11) is 0. The minimum Gasteiger partial charge on any atom is -0.395 e. The van der Waals surface area contributed by atoms with Crippen molar-refractivity contribution in [2.24, 2.45) is 11.8 Å². The molecule has 4 aliphatic rings. The van der Waals surface area contributed by atoms with Crippen molar-refractivity contribution in [3.05, 3.63) is 35.4 Å². The zero-order valence-electron chi connectivity index (χ0n) is 17.7. The van der Waals surface area contributed by atoms with Crippen molar-refractivity contribution in [1.29, 1.82) is 0 Å². The van der Waals surface area contributed by atoms with Gasteiger partial charge in [-0.05, 0) is 26.0 Å². The van der Waals surface area contributed by atoms with Gasteiger partial charge in [0.15, 0.2) is 0 Å². The summed E-state index contributed by atoms with van der Waals surface area (Å²) in [6.45, 7) is 5.85. The van der Waals surface area contributed by atoms with Crippen LogP contribution in [-0.4, -0.2) is 77.2 Å². The number of hydrogen-bond donors (Lipinski definition) is 3. The van der Waals surface area contributed by atoms with Crippen LogP contribution in [0.3, 0.4) is 0 Å². The molecule has 4 aliphatic heterocycles. The number of aliphatic hydroxyl groups excluding tert-OH is 1. The van der Waals surface area contributed by atoms with E-state index in [0.717, 1.165) is 0 Å². The van der Waals surface area contributed by atoms with Gasteiger partial charge in [-0.3, -0.25) is 10.2 Å². The van der Waals surface area contributed by atoms with Crippen LogP contribution in [0.4, 0.5) is 8.78 Å². The molecule has 10 heteroatoms. The molecular formula is C21H30F2N4O3S. The molecule has 1 aromatic carbocycles. The molecule has 3 N–H and O–H groups in total. The molecule has 172 valence electrons. The van der Waals surface area contributed by atoms with Crippen LogP contribution >= 0.6 is 11.8 Å². The fourth-order valence-corrected chi connectivity index (χ4v) is 7.54. The maximum absolute atomic E-state index is 15.2. The number of thioether (sulfide) groups is 1. The van der Waals surface area contributed by atoms with Gasteiger partial charge in [0.2, 0.25) is 0 Å². The summed E-state index contributed by atoms with van der Waals surface area (Å²) in [6.07, 6.45) is -0.103. The Morgan fingerprint density at radius 1 is 1.23 bits per heavy atom. The molecule has 8 atom stereocenters. The number of fused-ring (bicyclic) bond motifs is 5. The molecule has 4 fully saturated rings. The number of hydrogen-bond acceptors (Lipinski definition) is 8. The molecular weight excluding hydrogens is 426 g/mol. The molecule has 0 aromatic heterocycles.